The lowest BCUT2D eigenvalue weighted by Crippen LogP contribution is -2.41. The van der Waals surface area contributed by atoms with Crippen molar-refractivity contribution in [2.75, 3.05) is 18.8 Å². The molecule has 0 bridgehead atoms. The second-order valence-electron chi connectivity index (χ2n) is 3.99. The van der Waals surface area contributed by atoms with Crippen molar-refractivity contribution in [2.45, 2.75) is 10.8 Å². The lowest BCUT2D eigenvalue weighted by atomic mass is 10.2. The summed E-state index contributed by atoms with van der Waals surface area (Å²) in [5, 5.41) is 2.12. The standard InChI is InChI=1S/C12H15F2N3O2S.ClH/c13-12(14,6-15)7-17-11(19)8-3-1-2-4-9(8)20-5-10(16)18;/h1-4H,5-7,15H2,(H2,16,18)(H,17,19);1H. The SMILES string of the molecule is Cl.NCC(F)(F)CNC(=O)c1ccccc1SCC(N)=O. The number of hydrogen-bond donors (Lipinski definition) is 3. The number of amides is 2. The van der Waals surface area contributed by atoms with Crippen LogP contribution in [0.4, 0.5) is 8.78 Å². The number of alkyl halides is 2. The summed E-state index contributed by atoms with van der Waals surface area (Å²) in [6.45, 7) is -1.68. The van der Waals surface area contributed by atoms with E-state index in [1.807, 2.05) is 0 Å². The van der Waals surface area contributed by atoms with Crippen molar-refractivity contribution in [1.29, 1.82) is 0 Å². The molecule has 0 aliphatic carbocycles. The van der Waals surface area contributed by atoms with E-state index in [0.29, 0.717) is 4.90 Å². The summed E-state index contributed by atoms with van der Waals surface area (Å²) in [5.41, 5.74) is 10.1. The number of hydrogen-bond acceptors (Lipinski definition) is 4. The normalized spacial score (nSPS) is 10.6. The maximum atomic E-state index is 13.0. The first-order valence-corrected chi connectivity index (χ1v) is 6.70. The molecule has 2 amide bonds. The monoisotopic (exact) mass is 339 g/mol. The Morgan fingerprint density at radius 2 is 1.90 bits per heavy atom. The van der Waals surface area contributed by atoms with Gasteiger partial charge >= 0.3 is 0 Å². The van der Waals surface area contributed by atoms with Crippen LogP contribution in [0.5, 0.6) is 0 Å². The van der Waals surface area contributed by atoms with E-state index in [0.717, 1.165) is 11.8 Å². The number of primary amides is 1. The minimum atomic E-state index is -3.15. The van der Waals surface area contributed by atoms with Crippen LogP contribution in [0.3, 0.4) is 0 Å². The molecule has 0 unspecified atom stereocenters. The smallest absolute Gasteiger partial charge is 0.277 e. The lowest BCUT2D eigenvalue weighted by Gasteiger charge is -2.15. The van der Waals surface area contributed by atoms with Gasteiger partial charge in [0.25, 0.3) is 11.8 Å². The summed E-state index contributed by atoms with van der Waals surface area (Å²) in [5.74, 6) is -4.32. The van der Waals surface area contributed by atoms with E-state index in [2.05, 4.69) is 5.32 Å². The molecule has 21 heavy (non-hydrogen) atoms. The Morgan fingerprint density at radius 1 is 1.29 bits per heavy atom. The molecule has 9 heteroatoms. The van der Waals surface area contributed by atoms with Crippen LogP contribution in [0.1, 0.15) is 10.4 Å². The Morgan fingerprint density at radius 3 is 2.48 bits per heavy atom. The molecule has 5 N–H and O–H groups in total. The van der Waals surface area contributed by atoms with Crippen molar-refractivity contribution in [3.05, 3.63) is 29.8 Å². The zero-order valence-corrected chi connectivity index (χ0v) is 12.6. The number of thioether (sulfide) groups is 1. The predicted octanol–water partition coefficient (Wildman–Crippen LogP) is 1.01. The Labute approximate surface area is 131 Å². The highest BCUT2D eigenvalue weighted by Crippen LogP contribution is 2.22. The van der Waals surface area contributed by atoms with E-state index in [9.17, 15) is 18.4 Å². The van der Waals surface area contributed by atoms with Gasteiger partial charge in [-0.25, -0.2) is 8.78 Å². The summed E-state index contributed by atoms with van der Waals surface area (Å²) in [6, 6.07) is 6.38. The van der Waals surface area contributed by atoms with Crippen LogP contribution in [-0.4, -0.2) is 36.6 Å². The van der Waals surface area contributed by atoms with Gasteiger partial charge in [0, 0.05) is 4.90 Å². The van der Waals surface area contributed by atoms with E-state index >= 15 is 0 Å². The Kier molecular flexibility index (Phi) is 8.23. The first-order chi connectivity index (χ1) is 9.35. The molecule has 0 saturated carbocycles. The average Bonchev–Trinajstić information content (AvgIpc) is 2.43. The fraction of sp³-hybridized carbons (Fsp3) is 0.333. The van der Waals surface area contributed by atoms with Gasteiger partial charge in [0.15, 0.2) is 0 Å². The van der Waals surface area contributed by atoms with Gasteiger partial charge in [0.05, 0.1) is 24.4 Å². The average molecular weight is 340 g/mol. The van der Waals surface area contributed by atoms with Crippen LogP contribution < -0.4 is 16.8 Å². The molecular formula is C12H16ClF2N3O2S. The highest BCUT2D eigenvalue weighted by molar-refractivity contribution is 8.00. The minimum absolute atomic E-state index is 0. The van der Waals surface area contributed by atoms with Gasteiger partial charge in [-0.1, -0.05) is 12.1 Å². The second kappa shape index (κ2) is 8.81. The first kappa shape index (κ1) is 19.6. The maximum absolute atomic E-state index is 13.0. The lowest BCUT2D eigenvalue weighted by molar-refractivity contribution is -0.115. The molecule has 5 nitrogen and oxygen atoms in total. The maximum Gasteiger partial charge on any atom is 0.277 e. The van der Waals surface area contributed by atoms with Crippen molar-refractivity contribution < 1.29 is 18.4 Å². The van der Waals surface area contributed by atoms with Gasteiger partial charge in [-0.3, -0.25) is 9.59 Å². The van der Waals surface area contributed by atoms with Crippen molar-refractivity contribution in [2.24, 2.45) is 11.5 Å². The van der Waals surface area contributed by atoms with Crippen molar-refractivity contribution in [3.63, 3.8) is 0 Å². The zero-order chi connectivity index (χ0) is 15.2. The summed E-state index contributed by atoms with van der Waals surface area (Å²) >= 11 is 1.08. The largest absolute Gasteiger partial charge is 0.369 e. The second-order valence-corrected chi connectivity index (χ2v) is 5.01. The van der Waals surface area contributed by atoms with Crippen molar-refractivity contribution >= 4 is 36.0 Å². The number of carbonyl (C=O) groups excluding carboxylic acids is 2. The number of halogens is 3. The van der Waals surface area contributed by atoms with Gasteiger partial charge in [-0.2, -0.15) is 0 Å². The van der Waals surface area contributed by atoms with Gasteiger partial charge in [0.1, 0.15) is 0 Å². The van der Waals surface area contributed by atoms with Gasteiger partial charge < -0.3 is 16.8 Å². The summed E-state index contributed by atoms with van der Waals surface area (Å²) in [4.78, 5) is 23.1. The molecule has 0 heterocycles. The minimum Gasteiger partial charge on any atom is -0.369 e. The van der Waals surface area contributed by atoms with Crippen LogP contribution in [-0.2, 0) is 4.79 Å². The number of carbonyl (C=O) groups is 2. The molecule has 0 spiro atoms. The summed E-state index contributed by atoms with van der Waals surface area (Å²) in [6.07, 6.45) is 0. The van der Waals surface area contributed by atoms with Crippen LogP contribution in [0.2, 0.25) is 0 Å². The molecular weight excluding hydrogens is 324 g/mol. The number of nitrogens with two attached hydrogens (primary N) is 2. The molecule has 0 aliphatic heterocycles. The van der Waals surface area contributed by atoms with E-state index in [4.69, 9.17) is 11.5 Å². The van der Waals surface area contributed by atoms with Gasteiger partial charge in [-0.15, -0.1) is 24.2 Å². The molecule has 0 radical (unpaired) electrons. The summed E-state index contributed by atoms with van der Waals surface area (Å²) < 4.78 is 26.0. The predicted molar refractivity (Wildman–Crippen MR) is 79.9 cm³/mol. The first-order valence-electron chi connectivity index (χ1n) is 5.72. The molecule has 0 fully saturated rings. The molecule has 0 atom stereocenters. The molecule has 118 valence electrons. The fourth-order valence-electron chi connectivity index (χ4n) is 1.31. The number of nitrogens with one attached hydrogen (secondary N) is 1. The van der Waals surface area contributed by atoms with Crippen LogP contribution in [0, 0.1) is 0 Å². The fourth-order valence-corrected chi connectivity index (χ4v) is 2.09. The van der Waals surface area contributed by atoms with Crippen molar-refractivity contribution in [3.8, 4) is 0 Å². The van der Waals surface area contributed by atoms with E-state index in [1.165, 1.54) is 6.07 Å². The van der Waals surface area contributed by atoms with Gasteiger partial charge in [0.2, 0.25) is 5.91 Å². The van der Waals surface area contributed by atoms with E-state index in [1.54, 1.807) is 18.2 Å². The highest BCUT2D eigenvalue weighted by atomic mass is 35.5. The highest BCUT2D eigenvalue weighted by Gasteiger charge is 2.27. The third-order valence-corrected chi connectivity index (χ3v) is 3.40. The van der Waals surface area contributed by atoms with Crippen LogP contribution in [0.25, 0.3) is 0 Å². The molecule has 0 aliphatic rings. The molecule has 1 aromatic carbocycles. The Bertz CT molecular complexity index is 503. The van der Waals surface area contributed by atoms with E-state index < -0.39 is 30.8 Å². The Balaban J connectivity index is 0.00000400. The van der Waals surface area contributed by atoms with Gasteiger partial charge in [-0.05, 0) is 12.1 Å². The quantitative estimate of drug-likeness (QED) is 0.646. The zero-order valence-electron chi connectivity index (χ0n) is 11.0. The van der Waals surface area contributed by atoms with Crippen molar-refractivity contribution in [1.82, 2.24) is 5.32 Å². The topological polar surface area (TPSA) is 98.2 Å². The number of benzene rings is 1. The third kappa shape index (κ3) is 6.74. The molecule has 0 aromatic heterocycles. The van der Waals surface area contributed by atoms with Crippen LogP contribution >= 0.6 is 24.2 Å². The number of rotatable bonds is 7. The molecule has 1 aromatic rings. The third-order valence-electron chi connectivity index (χ3n) is 2.31. The van der Waals surface area contributed by atoms with E-state index in [-0.39, 0.29) is 23.7 Å². The molecule has 0 saturated heterocycles. The Hall–Kier alpha value is -1.38. The molecule has 1 rings (SSSR count). The van der Waals surface area contributed by atoms with Crippen LogP contribution in [0.15, 0.2) is 29.2 Å². The summed E-state index contributed by atoms with van der Waals surface area (Å²) in [7, 11) is 0.